The van der Waals surface area contributed by atoms with E-state index in [0.29, 0.717) is 17.5 Å². The van der Waals surface area contributed by atoms with E-state index in [9.17, 15) is 56.3 Å². The molecule has 0 aliphatic carbocycles. The van der Waals surface area contributed by atoms with E-state index >= 15 is 0 Å². The molecular formula is C26H23N5O15S5. The van der Waals surface area contributed by atoms with E-state index in [-0.39, 0.29) is 21.2 Å². The lowest BCUT2D eigenvalue weighted by Crippen LogP contribution is -2.15. The first-order valence-electron chi connectivity index (χ1n) is 13.3. The average molecular weight is 806 g/mol. The SMILES string of the molecule is C=CS(=O)(=O)c1ccc(/N=N/c2c(S(=O)(=O)O)cc3cc(S(=O)(=O)O)c(/N=N/c4ccc(S(=O)(=O)CCOS(=O)(=O)O)cc4)c(O)c3c2N)cc1. The fourth-order valence-electron chi connectivity index (χ4n) is 4.21. The highest BCUT2D eigenvalue weighted by molar-refractivity contribution is 7.94. The fraction of sp³-hybridized carbons (Fsp3) is 0.0769. The molecule has 0 fully saturated rings. The summed E-state index contributed by atoms with van der Waals surface area (Å²) in [5.41, 5.74) is 3.64. The van der Waals surface area contributed by atoms with Gasteiger partial charge in [-0.2, -0.15) is 35.5 Å². The topological polar surface area (TPSA) is 336 Å². The first kappa shape index (κ1) is 39.1. The maximum atomic E-state index is 12.4. The Morgan fingerprint density at radius 1 is 0.686 bits per heavy atom. The number of hydrogen-bond donors (Lipinski definition) is 5. The minimum absolute atomic E-state index is 0.0236. The van der Waals surface area contributed by atoms with Crippen LogP contribution in [0.25, 0.3) is 10.8 Å². The van der Waals surface area contributed by atoms with Crippen LogP contribution < -0.4 is 5.73 Å². The van der Waals surface area contributed by atoms with Gasteiger partial charge in [0.2, 0.25) is 0 Å². The summed E-state index contributed by atoms with van der Waals surface area (Å²) in [5, 5.41) is 25.9. The molecule has 4 rings (SSSR count). The van der Waals surface area contributed by atoms with E-state index in [1.54, 1.807) is 0 Å². The lowest BCUT2D eigenvalue weighted by Gasteiger charge is -2.14. The van der Waals surface area contributed by atoms with Gasteiger partial charge in [0.05, 0.1) is 44.6 Å². The van der Waals surface area contributed by atoms with Gasteiger partial charge in [0.15, 0.2) is 25.4 Å². The number of nitrogens with zero attached hydrogens (tertiary/aromatic N) is 4. The Morgan fingerprint density at radius 2 is 1.14 bits per heavy atom. The third kappa shape index (κ3) is 9.15. The van der Waals surface area contributed by atoms with E-state index in [2.05, 4.69) is 31.2 Å². The number of hydrogen-bond acceptors (Lipinski definition) is 17. The second kappa shape index (κ2) is 14.1. The smallest absolute Gasteiger partial charge is 0.397 e. The van der Waals surface area contributed by atoms with Crippen molar-refractivity contribution in [2.75, 3.05) is 18.1 Å². The Hall–Kier alpha value is -4.73. The van der Waals surface area contributed by atoms with Crippen molar-refractivity contribution in [2.24, 2.45) is 20.5 Å². The lowest BCUT2D eigenvalue weighted by atomic mass is 10.1. The molecule has 4 aromatic rings. The maximum Gasteiger partial charge on any atom is 0.397 e. The Labute approximate surface area is 289 Å². The molecule has 0 unspecified atom stereocenters. The number of aromatic hydroxyl groups is 1. The zero-order chi connectivity index (χ0) is 38.2. The standard InChI is InChI=1S/C26H23N5O15S5/c1-2-47(33,34)18-7-3-16(4-8-18)28-30-24-20(49(37,38)39)13-15-14-21(50(40,41)42)25(26(32)22(15)23(24)27)31-29-17-5-9-19(10-6-17)48(35,36)12-11-46-51(43,44)45/h2-10,13-14,32H,1,11-12,27H2,(H,37,38,39)(H,40,41,42)(H,43,44,45)/b30-28+,31-29+. The second-order valence-corrected chi connectivity index (χ2v) is 17.8. The quantitative estimate of drug-likeness (QED) is 0.0725. The predicted octanol–water partition coefficient (Wildman–Crippen LogP) is 3.96. The highest BCUT2D eigenvalue weighted by atomic mass is 32.3. The van der Waals surface area contributed by atoms with Gasteiger partial charge in [0, 0.05) is 5.41 Å². The molecule has 6 N–H and O–H groups in total. The van der Waals surface area contributed by atoms with Crippen LogP contribution >= 0.6 is 0 Å². The highest BCUT2D eigenvalue weighted by Crippen LogP contribution is 2.48. The third-order valence-electron chi connectivity index (χ3n) is 6.57. The average Bonchev–Trinajstić information content (AvgIpc) is 3.02. The number of nitrogens with two attached hydrogens (primary N) is 1. The molecule has 0 atom stereocenters. The number of anilines is 1. The molecule has 0 aromatic heterocycles. The van der Waals surface area contributed by atoms with Crippen molar-refractivity contribution in [1.29, 1.82) is 0 Å². The number of fused-ring (bicyclic) bond motifs is 1. The van der Waals surface area contributed by atoms with Crippen molar-refractivity contribution >= 4 is 89.5 Å². The van der Waals surface area contributed by atoms with Crippen molar-refractivity contribution in [3.63, 3.8) is 0 Å². The van der Waals surface area contributed by atoms with Gasteiger partial charge >= 0.3 is 10.4 Å². The molecular weight excluding hydrogens is 783 g/mol. The summed E-state index contributed by atoms with van der Waals surface area (Å²) in [6.45, 7) is 2.32. The zero-order valence-electron chi connectivity index (χ0n) is 25.2. The van der Waals surface area contributed by atoms with Crippen LogP contribution in [-0.4, -0.2) is 73.2 Å². The van der Waals surface area contributed by atoms with Gasteiger partial charge < -0.3 is 10.8 Å². The summed E-state index contributed by atoms with van der Waals surface area (Å²) in [4.78, 5) is -2.59. The Morgan fingerprint density at radius 3 is 1.59 bits per heavy atom. The first-order chi connectivity index (χ1) is 23.4. The summed E-state index contributed by atoms with van der Waals surface area (Å²) in [7, 11) is -23.2. The Kier molecular flexibility index (Phi) is 10.8. The third-order valence-corrected chi connectivity index (χ3v) is 11.8. The molecule has 0 amide bonds. The van der Waals surface area contributed by atoms with E-state index in [4.69, 9.17) is 10.3 Å². The van der Waals surface area contributed by atoms with Crippen LogP contribution in [0.5, 0.6) is 5.75 Å². The Balaban J connectivity index is 1.82. The van der Waals surface area contributed by atoms with E-state index in [0.717, 1.165) is 36.4 Å². The van der Waals surface area contributed by atoms with Crippen molar-refractivity contribution in [3.05, 3.63) is 72.7 Å². The fourth-order valence-corrected chi connectivity index (χ4v) is 7.73. The molecule has 51 heavy (non-hydrogen) atoms. The number of nitrogen functional groups attached to an aromatic ring is 1. The van der Waals surface area contributed by atoms with Crippen molar-refractivity contribution in [1.82, 2.24) is 0 Å². The van der Waals surface area contributed by atoms with E-state index < -0.39 is 106 Å². The van der Waals surface area contributed by atoms with Crippen LogP contribution in [0, 0.1) is 0 Å². The van der Waals surface area contributed by atoms with E-state index in [1.165, 1.54) is 12.1 Å². The van der Waals surface area contributed by atoms with Crippen LogP contribution in [0.3, 0.4) is 0 Å². The molecule has 0 spiro atoms. The van der Waals surface area contributed by atoms with Gasteiger partial charge in [-0.25, -0.2) is 21.0 Å². The molecule has 0 aliphatic heterocycles. The zero-order valence-corrected chi connectivity index (χ0v) is 29.2. The largest absolute Gasteiger partial charge is 0.505 e. The van der Waals surface area contributed by atoms with Crippen LogP contribution in [0.2, 0.25) is 0 Å². The molecule has 0 aliphatic rings. The minimum atomic E-state index is -5.24. The molecule has 0 heterocycles. The molecule has 0 radical (unpaired) electrons. The molecule has 0 saturated carbocycles. The van der Waals surface area contributed by atoms with Crippen LogP contribution in [-0.2, 0) is 54.5 Å². The maximum absolute atomic E-state index is 12.4. The van der Waals surface area contributed by atoms with Gasteiger partial charge in [-0.1, -0.05) is 6.58 Å². The van der Waals surface area contributed by atoms with Crippen LogP contribution in [0.4, 0.5) is 28.4 Å². The summed E-state index contributed by atoms with van der Waals surface area (Å²) in [6, 6.07) is 10.2. The molecule has 4 aromatic carbocycles. The summed E-state index contributed by atoms with van der Waals surface area (Å²) < 4.78 is 152. The van der Waals surface area contributed by atoms with Gasteiger partial charge in [0.25, 0.3) is 20.2 Å². The van der Waals surface area contributed by atoms with Crippen molar-refractivity contribution < 1.29 is 65.0 Å². The highest BCUT2D eigenvalue weighted by Gasteiger charge is 2.28. The number of sulfone groups is 2. The Bertz CT molecular complexity index is 2680. The van der Waals surface area contributed by atoms with E-state index in [1.807, 2.05) is 0 Å². The summed E-state index contributed by atoms with van der Waals surface area (Å²) in [6.07, 6.45) is 0. The monoisotopic (exact) mass is 805 g/mol. The van der Waals surface area contributed by atoms with Gasteiger partial charge in [0.1, 0.15) is 21.2 Å². The number of phenols is 1. The number of phenolic OH excluding ortho intramolecular Hbond substituents is 1. The number of azo groups is 2. The predicted molar refractivity (Wildman–Crippen MR) is 178 cm³/mol. The summed E-state index contributed by atoms with van der Waals surface area (Å²) >= 11 is 0. The summed E-state index contributed by atoms with van der Waals surface area (Å²) in [5.74, 6) is -1.91. The lowest BCUT2D eigenvalue weighted by molar-refractivity contribution is 0.284. The molecule has 20 nitrogen and oxygen atoms in total. The molecule has 272 valence electrons. The van der Waals surface area contributed by atoms with Gasteiger partial charge in [-0.15, -0.1) is 10.2 Å². The minimum Gasteiger partial charge on any atom is -0.505 e. The van der Waals surface area contributed by atoms with Gasteiger partial charge in [-0.3, -0.25) is 13.7 Å². The first-order valence-corrected chi connectivity index (χ1v) is 20.7. The number of benzene rings is 4. The molecule has 0 bridgehead atoms. The van der Waals surface area contributed by atoms with Crippen LogP contribution in [0.1, 0.15) is 0 Å². The second-order valence-electron chi connectivity index (χ2n) is 9.93. The van der Waals surface area contributed by atoms with Crippen molar-refractivity contribution in [2.45, 2.75) is 19.6 Å². The molecule has 25 heteroatoms. The normalized spacial score (nSPS) is 13.3. The van der Waals surface area contributed by atoms with Crippen molar-refractivity contribution in [3.8, 4) is 5.75 Å². The van der Waals surface area contributed by atoms with Crippen LogP contribution in [0.15, 0.2) is 113 Å². The van der Waals surface area contributed by atoms with Gasteiger partial charge in [-0.05, 0) is 66.0 Å². The number of rotatable bonds is 13. The molecule has 0 saturated heterocycles.